The van der Waals surface area contributed by atoms with Gasteiger partial charge in [0.2, 0.25) is 0 Å². The molecule has 0 aliphatic carbocycles. The first-order valence-electron chi connectivity index (χ1n) is 9.86. The van der Waals surface area contributed by atoms with Gasteiger partial charge in [-0.05, 0) is 29.5 Å². The van der Waals surface area contributed by atoms with Gasteiger partial charge in [0, 0.05) is 25.7 Å². The third-order valence-electron chi connectivity index (χ3n) is 4.76. The van der Waals surface area contributed by atoms with E-state index in [1.54, 1.807) is 6.33 Å². The van der Waals surface area contributed by atoms with Gasteiger partial charge in [-0.15, -0.1) is 0 Å². The summed E-state index contributed by atoms with van der Waals surface area (Å²) in [6.45, 7) is 1.33. The topological polar surface area (TPSA) is 90.4 Å². The van der Waals surface area contributed by atoms with Crippen LogP contribution in [0, 0.1) is 0 Å². The first-order chi connectivity index (χ1) is 14.2. The molecule has 0 spiro atoms. The van der Waals surface area contributed by atoms with Crippen LogP contribution < -0.4 is 5.73 Å². The van der Waals surface area contributed by atoms with Crippen LogP contribution >= 0.6 is 0 Å². The minimum absolute atomic E-state index is 0.221. The molecule has 0 aliphatic heterocycles. The van der Waals surface area contributed by atoms with E-state index in [0.717, 1.165) is 19.4 Å². The maximum absolute atomic E-state index is 11.3. The molecule has 3 aromatic rings. The molecule has 1 aromatic heterocycles. The lowest BCUT2D eigenvalue weighted by molar-refractivity contribution is -0.150. The summed E-state index contributed by atoms with van der Waals surface area (Å²) in [5.41, 5.74) is 9.91. The molecule has 0 saturated heterocycles. The van der Waals surface area contributed by atoms with Gasteiger partial charge in [0.25, 0.3) is 0 Å². The number of carboxylic acid groups (broad SMARTS) is 1. The number of carboxylic acids is 1. The Bertz CT molecular complexity index is 908. The van der Waals surface area contributed by atoms with Gasteiger partial charge >= 0.3 is 5.97 Å². The fourth-order valence-corrected chi connectivity index (χ4v) is 3.34. The van der Waals surface area contributed by atoms with Gasteiger partial charge in [-0.25, -0.2) is 9.78 Å². The maximum Gasteiger partial charge on any atom is 0.333 e. The molecule has 0 aliphatic rings. The summed E-state index contributed by atoms with van der Waals surface area (Å²) in [7, 11) is 0. The second kappa shape index (κ2) is 10.5. The number of nitrogens with zero attached hydrogens (tertiary/aromatic N) is 2. The minimum Gasteiger partial charge on any atom is -0.479 e. The van der Waals surface area contributed by atoms with E-state index in [9.17, 15) is 9.90 Å². The van der Waals surface area contributed by atoms with Crippen molar-refractivity contribution < 1.29 is 14.6 Å². The van der Waals surface area contributed by atoms with Crippen LogP contribution in [0.1, 0.15) is 17.7 Å². The Labute approximate surface area is 171 Å². The maximum atomic E-state index is 11.3. The van der Waals surface area contributed by atoms with Gasteiger partial charge in [-0.1, -0.05) is 54.6 Å². The van der Waals surface area contributed by atoms with Crippen molar-refractivity contribution in [3.63, 3.8) is 0 Å². The normalized spacial score (nSPS) is 12.0. The number of hydrogen-bond donors (Lipinski definition) is 2. The van der Waals surface area contributed by atoms with Crippen molar-refractivity contribution >= 4 is 5.97 Å². The van der Waals surface area contributed by atoms with Crippen LogP contribution in [-0.4, -0.2) is 39.9 Å². The van der Waals surface area contributed by atoms with Crippen molar-refractivity contribution in [3.05, 3.63) is 78.4 Å². The molecule has 0 amide bonds. The lowest BCUT2D eigenvalue weighted by Gasteiger charge is -2.11. The van der Waals surface area contributed by atoms with Gasteiger partial charge in [-0.3, -0.25) is 0 Å². The Morgan fingerprint density at radius 3 is 2.66 bits per heavy atom. The zero-order valence-electron chi connectivity index (χ0n) is 16.4. The minimum atomic E-state index is -0.995. The highest BCUT2D eigenvalue weighted by molar-refractivity contribution is 5.72. The quantitative estimate of drug-likeness (QED) is 0.522. The molecule has 6 heteroatoms. The van der Waals surface area contributed by atoms with Gasteiger partial charge in [0.1, 0.15) is 0 Å². The summed E-state index contributed by atoms with van der Waals surface area (Å²) in [6, 6.07) is 18.9. The van der Waals surface area contributed by atoms with Crippen LogP contribution in [0.25, 0.3) is 11.1 Å². The molecule has 3 N–H and O–H groups in total. The molecule has 29 heavy (non-hydrogen) atoms. The lowest BCUT2D eigenvalue weighted by atomic mass is 9.97. The van der Waals surface area contributed by atoms with Gasteiger partial charge in [0.15, 0.2) is 6.10 Å². The van der Waals surface area contributed by atoms with Crippen LogP contribution in [-0.2, 0) is 28.9 Å². The van der Waals surface area contributed by atoms with Crippen molar-refractivity contribution in [2.24, 2.45) is 5.73 Å². The molecular weight excluding hydrogens is 366 g/mol. The summed E-state index contributed by atoms with van der Waals surface area (Å²) in [5.74, 6) is -0.995. The van der Waals surface area contributed by atoms with Crippen LogP contribution in [0.15, 0.2) is 67.1 Å². The van der Waals surface area contributed by atoms with Crippen molar-refractivity contribution in [3.8, 4) is 11.1 Å². The number of benzene rings is 2. The fourth-order valence-electron chi connectivity index (χ4n) is 3.34. The molecule has 0 saturated carbocycles. The molecular formula is C23H27N3O3. The molecule has 152 valence electrons. The standard InChI is InChI=1S/C23H27N3O3/c24-12-14-29-22(23(27)28)15-20-16-26(17-25-20)13-6-10-19-9-4-5-11-21(19)18-7-2-1-3-8-18/h1-5,7-9,11,16-17,22H,6,10,12-15,24H2,(H,27,28). The summed E-state index contributed by atoms with van der Waals surface area (Å²) in [4.78, 5) is 15.6. The third kappa shape index (κ3) is 6.01. The molecule has 1 unspecified atom stereocenters. The molecule has 0 bridgehead atoms. The van der Waals surface area contributed by atoms with Crippen LogP contribution in [0.2, 0.25) is 0 Å². The summed E-state index contributed by atoms with van der Waals surface area (Å²) < 4.78 is 7.29. The average Bonchev–Trinajstić information content (AvgIpc) is 3.19. The van der Waals surface area contributed by atoms with Crippen LogP contribution in [0.5, 0.6) is 0 Å². The fraction of sp³-hybridized carbons (Fsp3) is 0.304. The Kier molecular flexibility index (Phi) is 7.55. The monoisotopic (exact) mass is 393 g/mol. The second-order valence-electron chi connectivity index (χ2n) is 6.92. The van der Waals surface area contributed by atoms with Gasteiger partial charge < -0.3 is 20.1 Å². The van der Waals surface area contributed by atoms with Crippen molar-refractivity contribution in [1.82, 2.24) is 9.55 Å². The van der Waals surface area contributed by atoms with E-state index in [2.05, 4.69) is 53.5 Å². The molecule has 1 atom stereocenters. The SMILES string of the molecule is NCCOC(Cc1cn(CCCc2ccccc2-c2ccccc2)cn1)C(=O)O. The molecule has 6 nitrogen and oxygen atoms in total. The first kappa shape index (κ1) is 20.8. The number of rotatable bonds is 11. The smallest absolute Gasteiger partial charge is 0.333 e. The van der Waals surface area contributed by atoms with Crippen molar-refractivity contribution in [2.75, 3.05) is 13.2 Å². The zero-order valence-corrected chi connectivity index (χ0v) is 16.4. The number of carbonyl (C=O) groups is 1. The number of imidazole rings is 1. The van der Waals surface area contributed by atoms with Gasteiger partial charge in [-0.2, -0.15) is 0 Å². The summed E-state index contributed by atoms with van der Waals surface area (Å²) in [6.07, 6.45) is 4.88. The third-order valence-corrected chi connectivity index (χ3v) is 4.76. The van der Waals surface area contributed by atoms with E-state index in [1.807, 2.05) is 16.8 Å². The number of hydrogen-bond acceptors (Lipinski definition) is 4. The Morgan fingerprint density at radius 2 is 1.90 bits per heavy atom. The zero-order chi connectivity index (χ0) is 20.5. The predicted octanol–water partition coefficient (Wildman–Crippen LogP) is 3.15. The van der Waals surface area contributed by atoms with E-state index in [1.165, 1.54) is 16.7 Å². The number of aryl methyl sites for hydroxylation is 2. The van der Waals surface area contributed by atoms with E-state index < -0.39 is 12.1 Å². The second-order valence-corrected chi connectivity index (χ2v) is 6.92. The molecule has 0 radical (unpaired) electrons. The number of aromatic nitrogens is 2. The van der Waals surface area contributed by atoms with E-state index in [-0.39, 0.29) is 13.0 Å². The Balaban J connectivity index is 1.57. The van der Waals surface area contributed by atoms with E-state index in [4.69, 9.17) is 10.5 Å². The summed E-state index contributed by atoms with van der Waals surface area (Å²) in [5, 5.41) is 9.26. The van der Waals surface area contributed by atoms with E-state index >= 15 is 0 Å². The molecule has 0 fully saturated rings. The predicted molar refractivity (Wildman–Crippen MR) is 113 cm³/mol. The summed E-state index contributed by atoms with van der Waals surface area (Å²) >= 11 is 0. The average molecular weight is 393 g/mol. The molecule has 2 aromatic carbocycles. The van der Waals surface area contributed by atoms with Crippen LogP contribution in [0.4, 0.5) is 0 Å². The van der Waals surface area contributed by atoms with Crippen molar-refractivity contribution in [1.29, 1.82) is 0 Å². The number of nitrogens with two attached hydrogens (primary N) is 1. The van der Waals surface area contributed by atoms with Crippen molar-refractivity contribution in [2.45, 2.75) is 31.9 Å². The first-order valence-corrected chi connectivity index (χ1v) is 9.86. The number of aliphatic carboxylic acids is 1. The molecule has 3 rings (SSSR count). The lowest BCUT2D eigenvalue weighted by Crippen LogP contribution is -2.28. The molecule has 1 heterocycles. The van der Waals surface area contributed by atoms with Crippen LogP contribution in [0.3, 0.4) is 0 Å². The highest BCUT2D eigenvalue weighted by Gasteiger charge is 2.19. The van der Waals surface area contributed by atoms with E-state index in [0.29, 0.717) is 12.2 Å². The highest BCUT2D eigenvalue weighted by Crippen LogP contribution is 2.24. The van der Waals surface area contributed by atoms with Gasteiger partial charge in [0.05, 0.1) is 18.6 Å². The highest BCUT2D eigenvalue weighted by atomic mass is 16.5. The Hall–Kier alpha value is -2.96. The number of ether oxygens (including phenoxy) is 1. The Morgan fingerprint density at radius 1 is 1.14 bits per heavy atom. The largest absolute Gasteiger partial charge is 0.479 e.